The Bertz CT molecular complexity index is 572. The molecule has 0 radical (unpaired) electrons. The second-order valence-electron chi connectivity index (χ2n) is 4.51. The van der Waals surface area contributed by atoms with Crippen molar-refractivity contribution < 1.29 is 23.1 Å². The van der Waals surface area contributed by atoms with Gasteiger partial charge < -0.3 is 5.11 Å². The lowest BCUT2D eigenvalue weighted by Crippen LogP contribution is -2.08. The Morgan fingerprint density at radius 2 is 1.70 bits per heavy atom. The number of carbonyl (C=O) groups is 2. The van der Waals surface area contributed by atoms with Crippen LogP contribution < -0.4 is 0 Å². The maximum atomic E-state index is 11.9. The van der Waals surface area contributed by atoms with Gasteiger partial charge in [-0.2, -0.15) is 0 Å². The van der Waals surface area contributed by atoms with Crippen molar-refractivity contribution in [3.05, 3.63) is 29.8 Å². The average molecular weight is 298 g/mol. The Kier molecular flexibility index (Phi) is 5.88. The van der Waals surface area contributed by atoms with Gasteiger partial charge in [0.2, 0.25) is 0 Å². The molecule has 0 amide bonds. The van der Waals surface area contributed by atoms with Gasteiger partial charge in [-0.25, -0.2) is 8.42 Å². The number of hydrogen-bond donors (Lipinski definition) is 1. The SMILES string of the molecule is CCCCS(=O)(=O)c1ccc(C(=O)CCC(=O)O)cc1. The summed E-state index contributed by atoms with van der Waals surface area (Å²) in [6.45, 7) is 1.92. The molecule has 0 spiro atoms. The van der Waals surface area contributed by atoms with Crippen LogP contribution in [0.3, 0.4) is 0 Å². The standard InChI is InChI=1S/C14H18O5S/c1-2-3-10-20(18,19)12-6-4-11(5-7-12)13(15)8-9-14(16)17/h4-7H,2-3,8-10H2,1H3,(H,16,17). The molecule has 0 atom stereocenters. The van der Waals surface area contributed by atoms with Gasteiger partial charge in [0.1, 0.15) is 0 Å². The third-order valence-electron chi connectivity index (χ3n) is 2.87. The quantitative estimate of drug-likeness (QED) is 0.744. The number of ketones is 1. The third-order valence-corrected chi connectivity index (χ3v) is 4.68. The van der Waals surface area contributed by atoms with Crippen LogP contribution in [-0.2, 0) is 14.6 Å². The molecule has 5 nitrogen and oxygen atoms in total. The van der Waals surface area contributed by atoms with Crippen LogP contribution in [0.4, 0.5) is 0 Å². The average Bonchev–Trinajstić information content (AvgIpc) is 2.42. The number of aliphatic carboxylic acids is 1. The molecule has 0 aliphatic rings. The predicted octanol–water partition coefficient (Wildman–Crippen LogP) is 2.31. The predicted molar refractivity (Wildman–Crippen MR) is 74.6 cm³/mol. The van der Waals surface area contributed by atoms with Crippen LogP contribution >= 0.6 is 0 Å². The molecular formula is C14H18O5S. The van der Waals surface area contributed by atoms with Gasteiger partial charge in [0.15, 0.2) is 15.6 Å². The maximum Gasteiger partial charge on any atom is 0.303 e. The molecule has 0 aliphatic heterocycles. The second-order valence-corrected chi connectivity index (χ2v) is 6.62. The number of carboxylic acid groups (broad SMARTS) is 1. The first-order valence-electron chi connectivity index (χ1n) is 6.44. The highest BCUT2D eigenvalue weighted by Gasteiger charge is 2.15. The number of rotatable bonds is 8. The van der Waals surface area contributed by atoms with E-state index in [2.05, 4.69) is 0 Å². The van der Waals surface area contributed by atoms with Crippen LogP contribution in [-0.4, -0.2) is 31.0 Å². The molecule has 1 N–H and O–H groups in total. The number of carboxylic acids is 1. The summed E-state index contributed by atoms with van der Waals surface area (Å²) in [5.74, 6) is -1.24. The molecule has 0 bridgehead atoms. The van der Waals surface area contributed by atoms with Crippen molar-refractivity contribution in [3.63, 3.8) is 0 Å². The lowest BCUT2D eigenvalue weighted by atomic mass is 10.1. The number of sulfone groups is 1. The molecule has 1 aromatic carbocycles. The topological polar surface area (TPSA) is 88.5 Å². The van der Waals surface area contributed by atoms with E-state index in [9.17, 15) is 18.0 Å². The molecule has 0 aliphatic carbocycles. The van der Waals surface area contributed by atoms with E-state index in [4.69, 9.17) is 5.11 Å². The van der Waals surface area contributed by atoms with E-state index in [0.29, 0.717) is 12.0 Å². The summed E-state index contributed by atoms with van der Waals surface area (Å²) in [4.78, 5) is 22.3. The summed E-state index contributed by atoms with van der Waals surface area (Å²) >= 11 is 0. The molecule has 0 saturated heterocycles. The minimum absolute atomic E-state index is 0.0860. The molecule has 0 heterocycles. The molecule has 0 fully saturated rings. The highest BCUT2D eigenvalue weighted by molar-refractivity contribution is 7.91. The molecule has 6 heteroatoms. The lowest BCUT2D eigenvalue weighted by molar-refractivity contribution is -0.136. The molecule has 20 heavy (non-hydrogen) atoms. The van der Waals surface area contributed by atoms with Gasteiger partial charge in [-0.3, -0.25) is 9.59 Å². The maximum absolute atomic E-state index is 11.9. The van der Waals surface area contributed by atoms with Gasteiger partial charge >= 0.3 is 5.97 Å². The van der Waals surface area contributed by atoms with Crippen molar-refractivity contribution in [2.45, 2.75) is 37.5 Å². The molecule has 0 saturated carbocycles. The first kappa shape index (κ1) is 16.4. The monoisotopic (exact) mass is 298 g/mol. The first-order valence-corrected chi connectivity index (χ1v) is 8.10. The van der Waals surface area contributed by atoms with Crippen molar-refractivity contribution >= 4 is 21.6 Å². The van der Waals surface area contributed by atoms with E-state index in [1.54, 1.807) is 0 Å². The third kappa shape index (κ3) is 4.77. The zero-order valence-corrected chi connectivity index (χ0v) is 12.1. The van der Waals surface area contributed by atoms with Gasteiger partial charge in [-0.1, -0.05) is 25.5 Å². The van der Waals surface area contributed by atoms with Crippen molar-refractivity contribution in [1.82, 2.24) is 0 Å². The van der Waals surface area contributed by atoms with Crippen LogP contribution in [0.1, 0.15) is 43.0 Å². The fourth-order valence-corrected chi connectivity index (χ4v) is 3.12. The summed E-state index contributed by atoms with van der Waals surface area (Å²) in [5.41, 5.74) is 0.334. The zero-order valence-electron chi connectivity index (χ0n) is 11.3. The van der Waals surface area contributed by atoms with E-state index in [0.717, 1.165) is 6.42 Å². The molecule has 110 valence electrons. The van der Waals surface area contributed by atoms with Crippen LogP contribution in [0.25, 0.3) is 0 Å². The van der Waals surface area contributed by atoms with Crippen LogP contribution in [0, 0.1) is 0 Å². The minimum Gasteiger partial charge on any atom is -0.481 e. The summed E-state index contributed by atoms with van der Waals surface area (Å²) in [5, 5.41) is 8.51. The molecule has 1 aromatic rings. The minimum atomic E-state index is -3.30. The smallest absolute Gasteiger partial charge is 0.303 e. The van der Waals surface area contributed by atoms with Crippen molar-refractivity contribution in [2.75, 3.05) is 5.75 Å². The Labute approximate surface area is 118 Å². The molecule has 0 unspecified atom stereocenters. The van der Waals surface area contributed by atoms with E-state index in [1.165, 1.54) is 24.3 Å². The number of benzene rings is 1. The number of unbranched alkanes of at least 4 members (excludes halogenated alkanes) is 1. The zero-order chi connectivity index (χ0) is 15.2. The lowest BCUT2D eigenvalue weighted by Gasteiger charge is -2.05. The van der Waals surface area contributed by atoms with Gasteiger partial charge in [0, 0.05) is 12.0 Å². The number of carbonyl (C=O) groups excluding carboxylic acids is 1. The Balaban J connectivity index is 2.78. The first-order chi connectivity index (χ1) is 9.36. The van der Waals surface area contributed by atoms with E-state index < -0.39 is 15.8 Å². The van der Waals surface area contributed by atoms with Gasteiger partial charge in [0.25, 0.3) is 0 Å². The van der Waals surface area contributed by atoms with E-state index in [-0.39, 0.29) is 29.3 Å². The largest absolute Gasteiger partial charge is 0.481 e. The van der Waals surface area contributed by atoms with E-state index in [1.807, 2.05) is 6.92 Å². The normalized spacial score (nSPS) is 11.2. The second kappa shape index (κ2) is 7.19. The summed E-state index contributed by atoms with van der Waals surface area (Å²) < 4.78 is 23.8. The van der Waals surface area contributed by atoms with Crippen LogP contribution in [0.15, 0.2) is 29.2 Å². The molecule has 0 aromatic heterocycles. The Hall–Kier alpha value is -1.69. The Morgan fingerprint density at radius 3 is 2.20 bits per heavy atom. The van der Waals surface area contributed by atoms with Gasteiger partial charge in [-0.15, -0.1) is 0 Å². The molecule has 1 rings (SSSR count). The van der Waals surface area contributed by atoms with Crippen molar-refractivity contribution in [3.8, 4) is 0 Å². The fourth-order valence-electron chi connectivity index (χ4n) is 1.67. The van der Waals surface area contributed by atoms with Crippen LogP contribution in [0.2, 0.25) is 0 Å². The summed E-state index contributed by atoms with van der Waals surface area (Å²) in [7, 11) is -3.30. The van der Waals surface area contributed by atoms with Crippen molar-refractivity contribution in [1.29, 1.82) is 0 Å². The Morgan fingerprint density at radius 1 is 1.10 bits per heavy atom. The van der Waals surface area contributed by atoms with Crippen LogP contribution in [0.5, 0.6) is 0 Å². The highest BCUT2D eigenvalue weighted by atomic mass is 32.2. The highest BCUT2D eigenvalue weighted by Crippen LogP contribution is 2.15. The van der Waals surface area contributed by atoms with Crippen molar-refractivity contribution in [2.24, 2.45) is 0 Å². The summed E-state index contributed by atoms with van der Waals surface area (Å²) in [6.07, 6.45) is 1.08. The summed E-state index contributed by atoms with van der Waals surface area (Å²) in [6, 6.07) is 5.67. The van der Waals surface area contributed by atoms with Gasteiger partial charge in [-0.05, 0) is 18.6 Å². The fraction of sp³-hybridized carbons (Fsp3) is 0.429. The number of Topliss-reactive ketones (excluding diaryl/α,β-unsaturated/α-hetero) is 1. The van der Waals surface area contributed by atoms with Gasteiger partial charge in [0.05, 0.1) is 17.1 Å². The molecular weight excluding hydrogens is 280 g/mol. The number of hydrogen-bond acceptors (Lipinski definition) is 4. The van der Waals surface area contributed by atoms with E-state index >= 15 is 0 Å².